The molecule has 25 heavy (non-hydrogen) atoms. The average Bonchev–Trinajstić information content (AvgIpc) is 3.00. The van der Waals surface area contributed by atoms with Gasteiger partial charge in [-0.25, -0.2) is 9.98 Å². The number of anilines is 1. The van der Waals surface area contributed by atoms with Crippen LogP contribution in [0.4, 0.5) is 5.95 Å². The van der Waals surface area contributed by atoms with Crippen molar-refractivity contribution in [3.8, 4) is 18.1 Å². The molecule has 3 N–H and O–H groups in total. The Morgan fingerprint density at radius 3 is 2.80 bits per heavy atom. The number of fused-ring (bicyclic) bond motifs is 3. The molecule has 6 nitrogen and oxygen atoms in total. The second-order valence-corrected chi connectivity index (χ2v) is 5.68. The minimum absolute atomic E-state index is 0.275. The van der Waals surface area contributed by atoms with E-state index in [1.807, 2.05) is 53.1 Å². The van der Waals surface area contributed by atoms with Crippen LogP contribution < -0.4 is 15.8 Å². The summed E-state index contributed by atoms with van der Waals surface area (Å²) in [5.41, 5.74) is 8.85. The van der Waals surface area contributed by atoms with Crippen LogP contribution in [0.1, 0.15) is 18.2 Å². The van der Waals surface area contributed by atoms with E-state index in [4.69, 9.17) is 16.9 Å². The highest BCUT2D eigenvalue weighted by molar-refractivity contribution is 5.94. The molecule has 0 bridgehead atoms. The lowest BCUT2D eigenvalue weighted by atomic mass is 10.1. The lowest BCUT2D eigenvalue weighted by Crippen LogP contribution is -2.31. The van der Waals surface area contributed by atoms with Crippen molar-refractivity contribution in [2.45, 2.75) is 12.6 Å². The molecule has 2 heterocycles. The quantitative estimate of drug-likeness (QED) is 0.569. The van der Waals surface area contributed by atoms with Gasteiger partial charge in [0, 0.05) is 6.42 Å². The van der Waals surface area contributed by atoms with Crippen molar-refractivity contribution in [2.75, 3.05) is 11.9 Å². The second-order valence-electron chi connectivity index (χ2n) is 5.68. The first kappa shape index (κ1) is 15.1. The number of hydrogen-bond donors (Lipinski definition) is 2. The first-order chi connectivity index (χ1) is 12.3. The number of aliphatic imine (C=N–C) groups is 1. The van der Waals surface area contributed by atoms with Crippen molar-refractivity contribution in [3.05, 3.63) is 54.1 Å². The van der Waals surface area contributed by atoms with Gasteiger partial charge in [0.25, 0.3) is 0 Å². The van der Waals surface area contributed by atoms with Gasteiger partial charge in [-0.1, -0.05) is 24.3 Å². The maximum atomic E-state index is 5.95. The summed E-state index contributed by atoms with van der Waals surface area (Å²) in [5.74, 6) is 4.37. The zero-order valence-corrected chi connectivity index (χ0v) is 13.5. The topological polar surface area (TPSA) is 77.5 Å². The number of nitrogens with two attached hydrogens (primary N) is 1. The number of guanidine groups is 1. The number of hydrogen-bond acceptors (Lipinski definition) is 5. The maximum absolute atomic E-state index is 5.95. The summed E-state index contributed by atoms with van der Waals surface area (Å²) in [6.45, 7) is 0.505. The van der Waals surface area contributed by atoms with E-state index in [1.54, 1.807) is 0 Å². The van der Waals surface area contributed by atoms with E-state index in [0.29, 0.717) is 24.9 Å². The fraction of sp³-hybridized carbons (Fsp3) is 0.158. The molecule has 2 aromatic carbocycles. The van der Waals surface area contributed by atoms with E-state index in [1.165, 1.54) is 0 Å². The number of benzene rings is 2. The number of imidazole rings is 1. The van der Waals surface area contributed by atoms with Gasteiger partial charge in [-0.05, 0) is 29.8 Å². The number of para-hydroxylation sites is 2. The van der Waals surface area contributed by atoms with Gasteiger partial charge in [-0.3, -0.25) is 9.88 Å². The summed E-state index contributed by atoms with van der Waals surface area (Å²) in [4.78, 5) is 9.15. The Labute approximate surface area is 145 Å². The molecule has 4 rings (SSSR count). The molecule has 0 fully saturated rings. The Balaban J connectivity index is 1.70. The van der Waals surface area contributed by atoms with Crippen molar-refractivity contribution in [3.63, 3.8) is 0 Å². The van der Waals surface area contributed by atoms with Crippen LogP contribution in [0.5, 0.6) is 5.75 Å². The Morgan fingerprint density at radius 1 is 1.20 bits per heavy atom. The van der Waals surface area contributed by atoms with Crippen LogP contribution in [0, 0.1) is 12.3 Å². The second kappa shape index (κ2) is 6.21. The zero-order valence-electron chi connectivity index (χ0n) is 13.5. The summed E-state index contributed by atoms with van der Waals surface area (Å²) in [7, 11) is 0. The standard InChI is InChI=1S/C19H17N5O/c1-2-3-12-25-14-10-8-13(9-11-14)17-22-18(20)23-19-21-15-6-4-5-7-16(15)24(17)19/h1,4-11,17H,3,12H2,(H3,20,21,22,23). The SMILES string of the molecule is C#CCCOc1ccc(C2N=C(N)Nc3nc4ccccc4n32)cc1. The van der Waals surface area contributed by atoms with Crippen LogP contribution in [0.2, 0.25) is 0 Å². The van der Waals surface area contributed by atoms with Gasteiger partial charge in [-0.2, -0.15) is 0 Å². The van der Waals surface area contributed by atoms with E-state index in [9.17, 15) is 0 Å². The van der Waals surface area contributed by atoms with Crippen molar-refractivity contribution < 1.29 is 4.74 Å². The molecule has 6 heteroatoms. The van der Waals surface area contributed by atoms with Crippen molar-refractivity contribution in [1.82, 2.24) is 9.55 Å². The lowest BCUT2D eigenvalue weighted by Gasteiger charge is -2.24. The number of terminal acetylenes is 1. The van der Waals surface area contributed by atoms with Gasteiger partial charge in [0.2, 0.25) is 5.95 Å². The molecule has 0 spiro atoms. The van der Waals surface area contributed by atoms with Gasteiger partial charge < -0.3 is 10.5 Å². The van der Waals surface area contributed by atoms with Crippen LogP contribution in [-0.2, 0) is 0 Å². The summed E-state index contributed by atoms with van der Waals surface area (Å²) in [5, 5.41) is 3.03. The first-order valence-corrected chi connectivity index (χ1v) is 8.00. The fourth-order valence-corrected chi connectivity index (χ4v) is 2.90. The first-order valence-electron chi connectivity index (χ1n) is 8.00. The average molecular weight is 331 g/mol. The van der Waals surface area contributed by atoms with Crippen LogP contribution in [-0.4, -0.2) is 22.1 Å². The molecule has 1 aliphatic heterocycles. The minimum atomic E-state index is -0.275. The molecule has 124 valence electrons. The molecule has 1 atom stereocenters. The number of nitrogens with zero attached hydrogens (tertiary/aromatic N) is 3. The highest BCUT2D eigenvalue weighted by Crippen LogP contribution is 2.32. The van der Waals surface area contributed by atoms with Gasteiger partial charge in [0.05, 0.1) is 17.6 Å². The Hall–Kier alpha value is -3.46. The van der Waals surface area contributed by atoms with Gasteiger partial charge in [0.1, 0.15) is 5.75 Å². The zero-order chi connectivity index (χ0) is 17.2. The van der Waals surface area contributed by atoms with Crippen molar-refractivity contribution in [1.29, 1.82) is 0 Å². The summed E-state index contributed by atoms with van der Waals surface area (Å²) in [6.07, 6.45) is 5.55. The molecule has 0 saturated carbocycles. The molecule has 0 amide bonds. The molecule has 3 aromatic rings. The molecule has 1 aliphatic rings. The maximum Gasteiger partial charge on any atom is 0.212 e. The normalized spacial score (nSPS) is 15.8. The summed E-state index contributed by atoms with van der Waals surface area (Å²) < 4.78 is 7.64. The van der Waals surface area contributed by atoms with Crippen molar-refractivity contribution in [2.24, 2.45) is 10.7 Å². The lowest BCUT2D eigenvalue weighted by molar-refractivity contribution is 0.327. The number of rotatable bonds is 4. The third-order valence-electron chi connectivity index (χ3n) is 4.03. The van der Waals surface area contributed by atoms with Crippen LogP contribution in [0.3, 0.4) is 0 Å². The highest BCUT2D eigenvalue weighted by atomic mass is 16.5. The summed E-state index contributed by atoms with van der Waals surface area (Å²) >= 11 is 0. The van der Waals surface area contributed by atoms with E-state index >= 15 is 0 Å². The van der Waals surface area contributed by atoms with E-state index in [-0.39, 0.29) is 6.17 Å². The van der Waals surface area contributed by atoms with Crippen LogP contribution in [0.25, 0.3) is 11.0 Å². The third kappa shape index (κ3) is 2.76. The molecular weight excluding hydrogens is 314 g/mol. The Kier molecular flexibility index (Phi) is 3.75. The molecule has 1 unspecified atom stereocenters. The van der Waals surface area contributed by atoms with Crippen molar-refractivity contribution >= 4 is 22.9 Å². The van der Waals surface area contributed by atoms with E-state index < -0.39 is 0 Å². The number of ether oxygens (including phenoxy) is 1. The molecule has 0 aliphatic carbocycles. The smallest absolute Gasteiger partial charge is 0.212 e. The molecule has 0 saturated heterocycles. The van der Waals surface area contributed by atoms with Crippen LogP contribution >= 0.6 is 0 Å². The van der Waals surface area contributed by atoms with Crippen LogP contribution in [0.15, 0.2) is 53.5 Å². The predicted molar refractivity (Wildman–Crippen MR) is 98.5 cm³/mol. The van der Waals surface area contributed by atoms with E-state index in [2.05, 4.69) is 21.2 Å². The third-order valence-corrected chi connectivity index (χ3v) is 4.03. The molecular formula is C19H17N5O. The van der Waals surface area contributed by atoms with Gasteiger partial charge >= 0.3 is 0 Å². The number of nitrogens with one attached hydrogen (secondary N) is 1. The largest absolute Gasteiger partial charge is 0.493 e. The molecule has 1 aromatic heterocycles. The number of aromatic nitrogens is 2. The summed E-state index contributed by atoms with van der Waals surface area (Å²) in [6, 6.07) is 15.7. The molecule has 0 radical (unpaired) electrons. The monoisotopic (exact) mass is 331 g/mol. The minimum Gasteiger partial charge on any atom is -0.493 e. The Bertz CT molecular complexity index is 981. The van der Waals surface area contributed by atoms with Gasteiger partial charge in [-0.15, -0.1) is 12.3 Å². The Morgan fingerprint density at radius 2 is 2.00 bits per heavy atom. The highest BCUT2D eigenvalue weighted by Gasteiger charge is 2.24. The predicted octanol–water partition coefficient (Wildman–Crippen LogP) is 2.73. The van der Waals surface area contributed by atoms with Gasteiger partial charge in [0.15, 0.2) is 12.1 Å². The fourth-order valence-electron chi connectivity index (χ4n) is 2.90. The van der Waals surface area contributed by atoms with E-state index in [0.717, 1.165) is 22.3 Å².